The van der Waals surface area contributed by atoms with Gasteiger partial charge < -0.3 is 15.4 Å². The fourth-order valence-electron chi connectivity index (χ4n) is 2.82. The number of pyridine rings is 1. The lowest BCUT2D eigenvalue weighted by atomic mass is 9.98. The van der Waals surface area contributed by atoms with Gasteiger partial charge in [0, 0.05) is 23.9 Å². The van der Waals surface area contributed by atoms with Gasteiger partial charge in [0.2, 0.25) is 11.8 Å². The molecule has 1 fully saturated rings. The van der Waals surface area contributed by atoms with Crippen molar-refractivity contribution in [2.75, 3.05) is 7.11 Å². The quantitative estimate of drug-likeness (QED) is 0.888. The summed E-state index contributed by atoms with van der Waals surface area (Å²) < 4.78 is 5.28. The molecule has 2 amide bonds. The van der Waals surface area contributed by atoms with Crippen LogP contribution >= 0.6 is 0 Å². The molecule has 0 saturated carbocycles. The van der Waals surface area contributed by atoms with Gasteiger partial charge in [-0.1, -0.05) is 24.3 Å². The summed E-state index contributed by atoms with van der Waals surface area (Å²) in [6.07, 6.45) is 2.05. The number of hydrogen-bond acceptors (Lipinski definition) is 4. The Morgan fingerprint density at radius 2 is 1.88 bits per heavy atom. The lowest BCUT2D eigenvalue weighted by Crippen LogP contribution is -2.58. The third kappa shape index (κ3) is 3.08. The Labute approximate surface area is 140 Å². The first-order valence-electron chi connectivity index (χ1n) is 7.74. The molecular weight excluding hydrogens is 306 g/mol. The first kappa shape index (κ1) is 16.0. The fraction of sp³-hybridized carbons (Fsp3) is 0.278. The maximum Gasteiger partial charge on any atom is 0.248 e. The average Bonchev–Trinajstić information content (AvgIpc) is 2.59. The Morgan fingerprint density at radius 1 is 1.08 bits per heavy atom. The van der Waals surface area contributed by atoms with Gasteiger partial charge in [-0.25, -0.2) is 0 Å². The molecule has 0 radical (unpaired) electrons. The van der Waals surface area contributed by atoms with Crippen LogP contribution in [0.25, 0.3) is 0 Å². The highest BCUT2D eigenvalue weighted by atomic mass is 16.5. The summed E-state index contributed by atoms with van der Waals surface area (Å²) >= 11 is 0. The second-order valence-corrected chi connectivity index (χ2v) is 5.72. The number of amides is 2. The Kier molecular flexibility index (Phi) is 4.46. The van der Waals surface area contributed by atoms with E-state index in [-0.39, 0.29) is 11.8 Å². The van der Waals surface area contributed by atoms with Gasteiger partial charge in [0.05, 0.1) is 7.11 Å². The van der Waals surface area contributed by atoms with Crippen LogP contribution in [0.1, 0.15) is 22.9 Å². The van der Waals surface area contributed by atoms with Crippen LogP contribution in [0.15, 0.2) is 42.6 Å². The number of hydrogen-bond donors (Lipinski definition) is 2. The van der Waals surface area contributed by atoms with Crippen LogP contribution in [-0.4, -0.2) is 29.9 Å². The van der Waals surface area contributed by atoms with Crippen molar-refractivity contribution in [3.63, 3.8) is 0 Å². The molecule has 0 aliphatic carbocycles. The summed E-state index contributed by atoms with van der Waals surface area (Å²) in [5.41, 5.74) is 2.43. The number of para-hydroxylation sites is 1. The molecule has 1 aromatic carbocycles. The largest absolute Gasteiger partial charge is 0.496 e. The van der Waals surface area contributed by atoms with Gasteiger partial charge in [-0.15, -0.1) is 0 Å². The molecule has 124 valence electrons. The maximum atomic E-state index is 12.5. The van der Waals surface area contributed by atoms with E-state index >= 15 is 0 Å². The van der Waals surface area contributed by atoms with Crippen molar-refractivity contribution in [2.45, 2.75) is 25.4 Å². The zero-order valence-electron chi connectivity index (χ0n) is 13.6. The summed E-state index contributed by atoms with van der Waals surface area (Å²) in [5, 5.41) is 5.58. The molecule has 2 aromatic rings. The second-order valence-electron chi connectivity index (χ2n) is 5.72. The van der Waals surface area contributed by atoms with Crippen molar-refractivity contribution in [3.8, 4) is 5.75 Å². The molecule has 2 N–H and O–H groups in total. The first-order chi connectivity index (χ1) is 11.6. The van der Waals surface area contributed by atoms with Crippen molar-refractivity contribution in [2.24, 2.45) is 0 Å². The molecule has 1 aliphatic heterocycles. The second kappa shape index (κ2) is 6.70. The maximum absolute atomic E-state index is 12.5. The Hall–Kier alpha value is -2.89. The van der Waals surface area contributed by atoms with Gasteiger partial charge in [0.1, 0.15) is 17.8 Å². The molecule has 1 aliphatic rings. The number of benzene rings is 1. The third-order valence-electron chi connectivity index (χ3n) is 4.15. The lowest BCUT2D eigenvalue weighted by molar-refractivity contribution is -0.137. The molecule has 1 saturated heterocycles. The van der Waals surface area contributed by atoms with E-state index in [1.54, 1.807) is 24.4 Å². The van der Waals surface area contributed by atoms with Crippen LogP contribution in [0, 0.1) is 6.92 Å². The molecule has 2 atom stereocenters. The van der Waals surface area contributed by atoms with Crippen LogP contribution in [-0.2, 0) is 16.0 Å². The Balaban J connectivity index is 1.79. The molecule has 0 bridgehead atoms. The van der Waals surface area contributed by atoms with Crippen molar-refractivity contribution < 1.29 is 14.3 Å². The summed E-state index contributed by atoms with van der Waals surface area (Å²) in [5.74, 6) is 0.0882. The Morgan fingerprint density at radius 3 is 2.62 bits per heavy atom. The molecular formula is C18H19N3O3. The van der Waals surface area contributed by atoms with Gasteiger partial charge >= 0.3 is 0 Å². The third-order valence-corrected chi connectivity index (χ3v) is 4.15. The number of carbonyl (C=O) groups excluding carboxylic acids is 2. The Bertz CT molecular complexity index is 776. The highest BCUT2D eigenvalue weighted by molar-refractivity contribution is 5.98. The van der Waals surface area contributed by atoms with Gasteiger partial charge in [-0.05, 0) is 24.6 Å². The molecule has 0 spiro atoms. The predicted octanol–water partition coefficient (Wildman–Crippen LogP) is 1.30. The molecule has 6 nitrogen and oxygen atoms in total. The van der Waals surface area contributed by atoms with Crippen LogP contribution in [0.3, 0.4) is 0 Å². The highest BCUT2D eigenvalue weighted by Crippen LogP contribution is 2.26. The van der Waals surface area contributed by atoms with E-state index in [1.165, 1.54) is 7.11 Å². The number of nitrogens with zero attached hydrogens (tertiary/aromatic N) is 1. The van der Waals surface area contributed by atoms with Gasteiger partial charge in [0.15, 0.2) is 0 Å². The number of ether oxygens (including phenoxy) is 1. The zero-order valence-corrected chi connectivity index (χ0v) is 13.6. The number of carbonyl (C=O) groups is 2. The minimum absolute atomic E-state index is 0.226. The van der Waals surface area contributed by atoms with Crippen molar-refractivity contribution >= 4 is 11.8 Å². The van der Waals surface area contributed by atoms with E-state index in [2.05, 4.69) is 15.6 Å². The molecule has 2 heterocycles. The predicted molar refractivity (Wildman–Crippen MR) is 88.5 cm³/mol. The van der Waals surface area contributed by atoms with Crippen LogP contribution < -0.4 is 15.4 Å². The minimum Gasteiger partial charge on any atom is -0.496 e. The molecule has 3 rings (SSSR count). The standard InChI is InChI=1S/C18H19N3O3/c1-11-6-5-9-19-13(11)10-14-17(22)21-16(18(23)20-14)12-7-3-4-8-15(12)24-2/h3-9,14,16H,10H2,1-2H3,(H,20,23)(H,21,22). The van der Waals surface area contributed by atoms with E-state index in [1.807, 2.05) is 25.1 Å². The molecule has 1 aromatic heterocycles. The minimum atomic E-state index is -0.755. The van der Waals surface area contributed by atoms with Gasteiger partial charge in [-0.2, -0.15) is 0 Å². The smallest absolute Gasteiger partial charge is 0.248 e. The molecule has 6 heteroatoms. The molecule has 2 unspecified atom stereocenters. The van der Waals surface area contributed by atoms with Gasteiger partial charge in [-0.3, -0.25) is 14.6 Å². The van der Waals surface area contributed by atoms with E-state index in [0.717, 1.165) is 11.3 Å². The average molecular weight is 325 g/mol. The van der Waals surface area contributed by atoms with Crippen LogP contribution in [0.5, 0.6) is 5.75 Å². The van der Waals surface area contributed by atoms with Crippen molar-refractivity contribution in [1.82, 2.24) is 15.6 Å². The fourth-order valence-corrected chi connectivity index (χ4v) is 2.82. The number of nitrogens with one attached hydrogen (secondary N) is 2. The van der Waals surface area contributed by atoms with E-state index in [0.29, 0.717) is 17.7 Å². The molecule has 24 heavy (non-hydrogen) atoms. The first-order valence-corrected chi connectivity index (χ1v) is 7.74. The van der Waals surface area contributed by atoms with E-state index in [4.69, 9.17) is 4.74 Å². The number of aromatic nitrogens is 1. The zero-order chi connectivity index (χ0) is 17.1. The van der Waals surface area contributed by atoms with Crippen molar-refractivity contribution in [1.29, 1.82) is 0 Å². The summed E-state index contributed by atoms with van der Waals surface area (Å²) in [6.45, 7) is 1.93. The van der Waals surface area contributed by atoms with Crippen LogP contribution in [0.4, 0.5) is 0 Å². The SMILES string of the molecule is COc1ccccc1C1NC(=O)C(Cc2ncccc2C)NC1=O. The lowest BCUT2D eigenvalue weighted by Gasteiger charge is -2.30. The normalized spacial score (nSPS) is 20.2. The number of rotatable bonds is 4. The number of piperazine rings is 1. The van der Waals surface area contributed by atoms with Crippen LogP contribution in [0.2, 0.25) is 0 Å². The topological polar surface area (TPSA) is 80.3 Å². The van der Waals surface area contributed by atoms with E-state index in [9.17, 15) is 9.59 Å². The summed E-state index contributed by atoms with van der Waals surface area (Å²) in [6, 6.07) is 9.55. The number of methoxy groups -OCH3 is 1. The highest BCUT2D eigenvalue weighted by Gasteiger charge is 2.36. The summed E-state index contributed by atoms with van der Waals surface area (Å²) in [4.78, 5) is 29.2. The van der Waals surface area contributed by atoms with Crippen molar-refractivity contribution in [3.05, 3.63) is 59.4 Å². The summed E-state index contributed by atoms with van der Waals surface area (Å²) in [7, 11) is 1.54. The van der Waals surface area contributed by atoms with E-state index < -0.39 is 12.1 Å². The monoisotopic (exact) mass is 325 g/mol. The number of aryl methyl sites for hydroxylation is 1. The van der Waals surface area contributed by atoms with Gasteiger partial charge in [0.25, 0.3) is 0 Å².